The average Bonchev–Trinajstić information content (AvgIpc) is 2.89. The second-order valence-corrected chi connectivity index (χ2v) is 5.92. The molecule has 6 heteroatoms. The van der Waals surface area contributed by atoms with Gasteiger partial charge in [0.1, 0.15) is 6.61 Å². The van der Waals surface area contributed by atoms with Crippen LogP contribution in [0.1, 0.15) is 25.3 Å². The lowest BCUT2D eigenvalue weighted by Gasteiger charge is -2.19. The van der Waals surface area contributed by atoms with Gasteiger partial charge in [0, 0.05) is 15.9 Å². The van der Waals surface area contributed by atoms with Gasteiger partial charge in [-0.25, -0.2) is 9.69 Å². The number of hydrogen-bond acceptors (Lipinski definition) is 4. The fourth-order valence-electron chi connectivity index (χ4n) is 2.56. The molecule has 0 saturated carbocycles. The van der Waals surface area contributed by atoms with Crippen LogP contribution in [0.2, 0.25) is 0 Å². The van der Waals surface area contributed by atoms with Crippen LogP contribution in [-0.4, -0.2) is 36.2 Å². The van der Waals surface area contributed by atoms with Crippen molar-refractivity contribution in [2.75, 3.05) is 13.2 Å². The highest BCUT2D eigenvalue weighted by molar-refractivity contribution is 7.09. The third kappa shape index (κ3) is 5.15. The highest BCUT2D eigenvalue weighted by Crippen LogP contribution is 2.19. The molecule has 0 radical (unpaired) electrons. The summed E-state index contributed by atoms with van der Waals surface area (Å²) >= 11 is 0. The lowest BCUT2D eigenvalue weighted by atomic mass is 10.1. The van der Waals surface area contributed by atoms with E-state index in [1.54, 1.807) is 0 Å². The number of carbonyl (C=O) groups excluding carboxylic acids is 2. The normalized spacial score (nSPS) is 18.2. The number of nitrogens with zero attached hydrogens (tertiary/aromatic N) is 1. The summed E-state index contributed by atoms with van der Waals surface area (Å²) in [6, 6.07) is 9.58. The summed E-state index contributed by atoms with van der Waals surface area (Å²) in [7, 11) is 2.20. The fourth-order valence-corrected chi connectivity index (χ4v) is 2.82. The zero-order valence-electron chi connectivity index (χ0n) is 13.2. The van der Waals surface area contributed by atoms with Crippen LogP contribution in [0, 0.1) is 0 Å². The van der Waals surface area contributed by atoms with E-state index in [2.05, 4.69) is 9.47 Å². The van der Waals surface area contributed by atoms with E-state index in [0.717, 1.165) is 11.1 Å². The molecule has 0 spiro atoms. The maximum absolute atomic E-state index is 12.4. The number of allylic oxidation sites excluding steroid dienone is 1. The van der Waals surface area contributed by atoms with Gasteiger partial charge in [-0.15, -0.1) is 0 Å². The smallest absolute Gasteiger partial charge is 0.416 e. The van der Waals surface area contributed by atoms with Crippen LogP contribution in [0.3, 0.4) is 0 Å². The molecule has 1 saturated heterocycles. The lowest BCUT2D eigenvalue weighted by molar-refractivity contribution is -0.129. The van der Waals surface area contributed by atoms with E-state index in [1.807, 2.05) is 43.3 Å². The van der Waals surface area contributed by atoms with E-state index in [9.17, 15) is 9.59 Å². The van der Waals surface area contributed by atoms with E-state index in [1.165, 1.54) is 4.90 Å². The van der Waals surface area contributed by atoms with Gasteiger partial charge >= 0.3 is 6.09 Å². The third-order valence-electron chi connectivity index (χ3n) is 3.71. The van der Waals surface area contributed by atoms with Crippen LogP contribution in [-0.2, 0) is 20.5 Å². The Labute approximate surface area is 138 Å². The van der Waals surface area contributed by atoms with Crippen molar-refractivity contribution < 1.29 is 18.8 Å². The topological polar surface area (TPSA) is 55.8 Å². The minimum Gasteiger partial charge on any atom is -0.447 e. The fraction of sp³-hybridized carbons (Fsp3) is 0.412. The van der Waals surface area contributed by atoms with Crippen LogP contribution >= 0.6 is 9.47 Å². The predicted molar refractivity (Wildman–Crippen MR) is 90.8 cm³/mol. The Morgan fingerprint density at radius 3 is 2.87 bits per heavy atom. The van der Waals surface area contributed by atoms with Crippen molar-refractivity contribution in [1.82, 2.24) is 4.90 Å². The van der Waals surface area contributed by atoms with Crippen molar-refractivity contribution >= 4 is 21.5 Å². The first-order valence-corrected chi connectivity index (χ1v) is 8.09. The molecule has 23 heavy (non-hydrogen) atoms. The largest absolute Gasteiger partial charge is 0.447 e. The maximum atomic E-state index is 12.4. The lowest BCUT2D eigenvalue weighted by Crippen LogP contribution is -2.40. The molecule has 2 atom stereocenters. The molecule has 1 aliphatic rings. The molecule has 1 heterocycles. The number of rotatable bonds is 7. The second-order valence-electron chi connectivity index (χ2n) is 5.58. The van der Waals surface area contributed by atoms with Gasteiger partial charge in [0.15, 0.2) is 0 Å². The van der Waals surface area contributed by atoms with Crippen molar-refractivity contribution in [2.24, 2.45) is 0 Å². The van der Waals surface area contributed by atoms with Crippen molar-refractivity contribution in [1.29, 1.82) is 0 Å². The zero-order chi connectivity index (χ0) is 16.7. The first-order chi connectivity index (χ1) is 11.1. The Morgan fingerprint density at radius 2 is 2.17 bits per heavy atom. The van der Waals surface area contributed by atoms with Gasteiger partial charge < -0.3 is 9.26 Å². The van der Waals surface area contributed by atoms with Gasteiger partial charge in [-0.05, 0) is 25.3 Å². The SMILES string of the molecule is C/C(=C/CCC(=O)N1C(=O)OCC1Cc1ccccc1)COP. The molecular weight excluding hydrogens is 313 g/mol. The molecule has 0 bridgehead atoms. The Morgan fingerprint density at radius 1 is 1.43 bits per heavy atom. The van der Waals surface area contributed by atoms with Crippen molar-refractivity contribution in [3.05, 3.63) is 47.5 Å². The molecule has 1 aromatic rings. The molecule has 0 aromatic heterocycles. The minimum absolute atomic E-state index is 0.190. The zero-order valence-corrected chi connectivity index (χ0v) is 14.4. The van der Waals surface area contributed by atoms with Crippen molar-refractivity contribution in [3.63, 3.8) is 0 Å². The summed E-state index contributed by atoms with van der Waals surface area (Å²) < 4.78 is 10.0. The van der Waals surface area contributed by atoms with Gasteiger partial charge in [0.25, 0.3) is 0 Å². The third-order valence-corrected chi connectivity index (χ3v) is 3.87. The number of ether oxygens (including phenoxy) is 1. The van der Waals surface area contributed by atoms with Crippen molar-refractivity contribution in [2.45, 2.75) is 32.2 Å². The monoisotopic (exact) mass is 335 g/mol. The van der Waals surface area contributed by atoms with E-state index >= 15 is 0 Å². The number of cyclic esters (lactones) is 1. The molecule has 2 rings (SSSR count). The summed E-state index contributed by atoms with van der Waals surface area (Å²) in [5, 5.41) is 0. The summed E-state index contributed by atoms with van der Waals surface area (Å²) in [6.07, 6.45) is 2.91. The van der Waals surface area contributed by atoms with Gasteiger partial charge in [0.2, 0.25) is 5.91 Å². The quantitative estimate of drug-likeness (QED) is 0.567. The van der Waals surface area contributed by atoms with Gasteiger partial charge in [0.05, 0.1) is 12.6 Å². The molecular formula is C17H22NO4P. The van der Waals surface area contributed by atoms with Crippen LogP contribution in [0.4, 0.5) is 4.79 Å². The van der Waals surface area contributed by atoms with Gasteiger partial charge in [-0.1, -0.05) is 42.0 Å². The summed E-state index contributed by atoms with van der Waals surface area (Å²) in [4.78, 5) is 25.5. The van der Waals surface area contributed by atoms with E-state index < -0.39 is 6.09 Å². The first kappa shape index (κ1) is 17.6. The van der Waals surface area contributed by atoms with E-state index in [0.29, 0.717) is 19.4 Å². The number of hydrogen-bond donors (Lipinski definition) is 0. The summed E-state index contributed by atoms with van der Waals surface area (Å²) in [5.74, 6) is -0.190. The highest BCUT2D eigenvalue weighted by atomic mass is 31.0. The van der Waals surface area contributed by atoms with Crippen LogP contribution in [0.5, 0.6) is 0 Å². The average molecular weight is 335 g/mol. The molecule has 2 unspecified atom stereocenters. The first-order valence-electron chi connectivity index (χ1n) is 7.62. The molecule has 5 nitrogen and oxygen atoms in total. The molecule has 2 amide bonds. The molecule has 1 aromatic carbocycles. The Hall–Kier alpha value is -1.71. The molecule has 0 N–H and O–H groups in total. The Bertz CT molecular complexity index is 573. The number of imide groups is 1. The minimum atomic E-state index is -0.537. The standard InChI is InChI=1S/C17H22NO4P/c1-13(11-22-23)6-5-9-16(19)18-15(12-21-17(18)20)10-14-7-3-2-4-8-14/h2-4,6-8,15H,5,9-12,23H2,1H3/b13-6-. The van der Waals surface area contributed by atoms with E-state index in [-0.39, 0.29) is 25.0 Å². The second kappa shape index (κ2) is 8.80. The predicted octanol–water partition coefficient (Wildman–Crippen LogP) is 3.11. The summed E-state index contributed by atoms with van der Waals surface area (Å²) in [6.45, 7) is 2.72. The number of benzene rings is 1. The van der Waals surface area contributed by atoms with E-state index in [4.69, 9.17) is 9.26 Å². The maximum Gasteiger partial charge on any atom is 0.416 e. The summed E-state index contributed by atoms with van der Waals surface area (Å²) in [5.41, 5.74) is 2.14. The van der Waals surface area contributed by atoms with Crippen LogP contribution < -0.4 is 0 Å². The number of amides is 2. The van der Waals surface area contributed by atoms with Gasteiger partial charge in [-0.2, -0.15) is 0 Å². The van der Waals surface area contributed by atoms with Crippen LogP contribution in [0.25, 0.3) is 0 Å². The molecule has 1 fully saturated rings. The molecule has 1 aliphatic heterocycles. The van der Waals surface area contributed by atoms with Gasteiger partial charge in [-0.3, -0.25) is 4.79 Å². The number of carbonyl (C=O) groups is 2. The molecule has 124 valence electrons. The van der Waals surface area contributed by atoms with Crippen LogP contribution in [0.15, 0.2) is 42.0 Å². The Balaban J connectivity index is 1.93. The van der Waals surface area contributed by atoms with Crippen molar-refractivity contribution in [3.8, 4) is 0 Å². The highest BCUT2D eigenvalue weighted by Gasteiger charge is 2.37. The molecule has 0 aliphatic carbocycles. The Kier molecular flexibility index (Phi) is 6.75.